The van der Waals surface area contributed by atoms with E-state index in [9.17, 15) is 8.42 Å². The van der Waals surface area contributed by atoms with Crippen molar-refractivity contribution in [3.05, 3.63) is 48.3 Å². The van der Waals surface area contributed by atoms with Gasteiger partial charge in [-0.05, 0) is 49.7 Å². The van der Waals surface area contributed by atoms with Gasteiger partial charge in [-0.15, -0.1) is 24.8 Å². The lowest BCUT2D eigenvalue weighted by molar-refractivity contribution is 0.581. The van der Waals surface area contributed by atoms with Crippen LogP contribution in [0.25, 0.3) is 10.9 Å². The van der Waals surface area contributed by atoms with E-state index in [4.69, 9.17) is 0 Å². The van der Waals surface area contributed by atoms with Gasteiger partial charge in [0.1, 0.15) is 0 Å². The molecular formula is C20H29Cl2N5O2S. The summed E-state index contributed by atoms with van der Waals surface area (Å²) in [6.45, 7) is 5.90. The Morgan fingerprint density at radius 2 is 1.67 bits per heavy atom. The third-order valence-corrected chi connectivity index (χ3v) is 5.86. The Balaban J connectivity index is 0.000000827. The lowest BCUT2D eigenvalue weighted by atomic mass is 10.2. The van der Waals surface area contributed by atoms with Crippen LogP contribution >= 0.6 is 24.8 Å². The minimum absolute atomic E-state index is 0. The van der Waals surface area contributed by atoms with E-state index in [1.807, 2.05) is 13.8 Å². The van der Waals surface area contributed by atoms with Crippen molar-refractivity contribution in [1.82, 2.24) is 19.9 Å². The molecule has 1 aliphatic carbocycles. The highest BCUT2D eigenvalue weighted by Crippen LogP contribution is 2.26. The third kappa shape index (κ3) is 6.84. The van der Waals surface area contributed by atoms with E-state index in [1.165, 1.54) is 19.3 Å². The van der Waals surface area contributed by atoms with Crippen molar-refractivity contribution in [2.24, 2.45) is 0 Å². The molecule has 2 N–H and O–H groups in total. The summed E-state index contributed by atoms with van der Waals surface area (Å²) in [6.07, 6.45) is 7.77. The number of rotatable bonds is 7. The minimum atomic E-state index is -3.61. The van der Waals surface area contributed by atoms with Crippen molar-refractivity contribution in [3.8, 4) is 0 Å². The van der Waals surface area contributed by atoms with Crippen molar-refractivity contribution < 1.29 is 8.42 Å². The molecule has 1 aromatic carbocycles. The molecule has 166 valence electrons. The lowest BCUT2D eigenvalue weighted by Crippen LogP contribution is -2.23. The molecular weight excluding hydrogens is 445 g/mol. The smallest absolute Gasteiger partial charge is 0.240 e. The molecule has 4 rings (SSSR count). The number of fused-ring (bicyclic) bond motifs is 1. The first kappa shape index (κ1) is 26.2. The maximum atomic E-state index is 12.6. The van der Waals surface area contributed by atoms with Gasteiger partial charge >= 0.3 is 0 Å². The maximum Gasteiger partial charge on any atom is 0.240 e. The van der Waals surface area contributed by atoms with Crippen LogP contribution in [-0.4, -0.2) is 36.7 Å². The Morgan fingerprint density at radius 3 is 2.23 bits per heavy atom. The van der Waals surface area contributed by atoms with Gasteiger partial charge in [-0.2, -0.15) is 5.10 Å². The average Bonchev–Trinajstić information content (AvgIpc) is 3.55. The standard InChI is InChI=1S/C17H21N5O2S.C3H6.2ClH/c1-3-22(4-2)17-15-11-14(5-6-16(15)20-21-17)25(23,24)19-12-13-7-9-18-10-8-13;1-2-3-1;;/h5-11,19H,3-4,12H2,1-2H3,(H,20,21);1-3H2;2*1H. The van der Waals surface area contributed by atoms with Crippen molar-refractivity contribution in [3.63, 3.8) is 0 Å². The van der Waals surface area contributed by atoms with Crippen LogP contribution in [0.3, 0.4) is 0 Å². The van der Waals surface area contributed by atoms with Crippen LogP contribution in [-0.2, 0) is 16.6 Å². The Bertz CT molecular complexity index is 1000. The monoisotopic (exact) mass is 473 g/mol. The molecule has 0 bridgehead atoms. The number of H-pyrrole nitrogens is 1. The number of halogens is 2. The summed E-state index contributed by atoms with van der Waals surface area (Å²) in [5.41, 5.74) is 1.67. The van der Waals surface area contributed by atoms with Crippen LogP contribution in [0.2, 0.25) is 0 Å². The summed E-state index contributed by atoms with van der Waals surface area (Å²) in [5.74, 6) is 0.770. The highest BCUT2D eigenvalue weighted by atomic mass is 35.5. The predicted octanol–water partition coefficient (Wildman–Crippen LogP) is 4.30. The molecule has 0 radical (unpaired) electrons. The maximum absolute atomic E-state index is 12.6. The van der Waals surface area contributed by atoms with Gasteiger partial charge in [-0.1, -0.05) is 19.3 Å². The van der Waals surface area contributed by atoms with E-state index in [-0.39, 0.29) is 36.3 Å². The second-order valence-corrected chi connectivity index (χ2v) is 8.43. The molecule has 1 aliphatic rings. The highest BCUT2D eigenvalue weighted by Gasteiger charge is 2.18. The second kappa shape index (κ2) is 12.1. The minimum Gasteiger partial charge on any atom is -0.355 e. The van der Waals surface area contributed by atoms with Gasteiger partial charge in [0, 0.05) is 37.4 Å². The van der Waals surface area contributed by atoms with Crippen molar-refractivity contribution in [2.45, 2.75) is 44.6 Å². The van der Waals surface area contributed by atoms with Crippen LogP contribution < -0.4 is 9.62 Å². The number of sulfonamides is 1. The highest BCUT2D eigenvalue weighted by molar-refractivity contribution is 7.89. The Hall–Kier alpha value is -1.87. The molecule has 0 saturated heterocycles. The fraction of sp³-hybridized carbons (Fsp3) is 0.400. The molecule has 0 unspecified atom stereocenters. The van der Waals surface area contributed by atoms with Gasteiger partial charge < -0.3 is 4.90 Å². The Kier molecular flexibility index (Phi) is 10.6. The van der Waals surface area contributed by atoms with Crippen LogP contribution in [0.15, 0.2) is 47.6 Å². The first-order valence-corrected chi connectivity index (χ1v) is 11.1. The van der Waals surface area contributed by atoms with Crippen molar-refractivity contribution in [2.75, 3.05) is 18.0 Å². The molecule has 3 aromatic rings. The number of aromatic amines is 1. The van der Waals surface area contributed by atoms with Gasteiger partial charge in [-0.25, -0.2) is 13.1 Å². The normalized spacial score (nSPS) is 12.2. The number of hydrogen-bond acceptors (Lipinski definition) is 5. The van der Waals surface area contributed by atoms with Crippen LogP contribution in [0.5, 0.6) is 0 Å². The van der Waals surface area contributed by atoms with E-state index in [2.05, 4.69) is 24.8 Å². The van der Waals surface area contributed by atoms with E-state index >= 15 is 0 Å². The quantitative estimate of drug-likeness (QED) is 0.533. The molecule has 1 fully saturated rings. The Morgan fingerprint density at radius 1 is 1.03 bits per heavy atom. The third-order valence-electron chi connectivity index (χ3n) is 4.46. The van der Waals surface area contributed by atoms with E-state index in [1.54, 1.807) is 42.7 Å². The summed E-state index contributed by atoms with van der Waals surface area (Å²) < 4.78 is 27.9. The summed E-state index contributed by atoms with van der Waals surface area (Å²) >= 11 is 0. The molecule has 10 heteroatoms. The van der Waals surface area contributed by atoms with Gasteiger partial charge in [0.05, 0.1) is 10.4 Å². The number of nitrogens with zero attached hydrogens (tertiary/aromatic N) is 3. The van der Waals surface area contributed by atoms with Crippen LogP contribution in [0.4, 0.5) is 5.82 Å². The molecule has 2 aromatic heterocycles. The molecule has 1 saturated carbocycles. The zero-order chi connectivity index (χ0) is 20.0. The van der Waals surface area contributed by atoms with Gasteiger partial charge in [0.15, 0.2) is 5.82 Å². The zero-order valence-electron chi connectivity index (χ0n) is 17.2. The Labute approximate surface area is 190 Å². The number of nitrogens with one attached hydrogen (secondary N) is 2. The summed E-state index contributed by atoms with van der Waals surface area (Å²) in [7, 11) is -3.61. The molecule has 2 heterocycles. The number of aromatic nitrogens is 3. The van der Waals surface area contributed by atoms with E-state index in [0.29, 0.717) is 0 Å². The van der Waals surface area contributed by atoms with E-state index in [0.717, 1.165) is 35.4 Å². The fourth-order valence-electron chi connectivity index (χ4n) is 2.67. The van der Waals surface area contributed by atoms with Crippen LogP contribution in [0, 0.1) is 0 Å². The summed E-state index contributed by atoms with van der Waals surface area (Å²) in [4.78, 5) is 6.23. The SMILES string of the molecule is C1CC1.CCN(CC)c1n[nH]c2ccc(S(=O)(=O)NCc3ccncc3)cc12.Cl.Cl. The number of pyridine rings is 1. The average molecular weight is 474 g/mol. The van der Waals surface area contributed by atoms with E-state index < -0.39 is 10.0 Å². The lowest BCUT2D eigenvalue weighted by Gasteiger charge is -2.18. The van der Waals surface area contributed by atoms with Crippen molar-refractivity contribution >= 4 is 51.6 Å². The molecule has 7 nitrogen and oxygen atoms in total. The first-order valence-electron chi connectivity index (χ1n) is 9.66. The number of hydrogen-bond donors (Lipinski definition) is 2. The summed E-state index contributed by atoms with van der Waals surface area (Å²) in [6, 6.07) is 8.56. The molecule has 30 heavy (non-hydrogen) atoms. The molecule has 0 aliphatic heterocycles. The van der Waals surface area contributed by atoms with Crippen molar-refractivity contribution in [1.29, 1.82) is 0 Å². The van der Waals surface area contributed by atoms with Gasteiger partial charge in [0.25, 0.3) is 0 Å². The predicted molar refractivity (Wildman–Crippen MR) is 126 cm³/mol. The fourth-order valence-corrected chi connectivity index (χ4v) is 3.72. The topological polar surface area (TPSA) is 91.0 Å². The molecule has 0 amide bonds. The van der Waals surface area contributed by atoms with Gasteiger partial charge in [-0.3, -0.25) is 10.1 Å². The number of benzene rings is 1. The first-order chi connectivity index (χ1) is 13.5. The summed E-state index contributed by atoms with van der Waals surface area (Å²) in [5, 5.41) is 8.09. The number of anilines is 1. The second-order valence-electron chi connectivity index (χ2n) is 6.67. The molecule has 0 spiro atoms. The van der Waals surface area contributed by atoms with Gasteiger partial charge in [0.2, 0.25) is 10.0 Å². The zero-order valence-corrected chi connectivity index (χ0v) is 19.6. The largest absolute Gasteiger partial charge is 0.355 e. The molecule has 0 atom stereocenters. The van der Waals surface area contributed by atoms with Crippen LogP contribution in [0.1, 0.15) is 38.7 Å².